The summed E-state index contributed by atoms with van der Waals surface area (Å²) < 4.78 is 11.0. The Balaban J connectivity index is 1.89. The molecule has 2 N–H and O–H groups in total. The van der Waals surface area contributed by atoms with Gasteiger partial charge in [-0.3, -0.25) is 39.0 Å². The summed E-state index contributed by atoms with van der Waals surface area (Å²) >= 11 is 1.30. The molecule has 2 aromatic rings. The average Bonchev–Trinajstić information content (AvgIpc) is 3.70. The van der Waals surface area contributed by atoms with Crippen LogP contribution < -0.4 is 5.32 Å². The first-order valence-corrected chi connectivity index (χ1v) is 22.7. The Bertz CT molecular complexity index is 1800. The number of nitrogens with one attached hydrogen (secondary N) is 1. The van der Waals surface area contributed by atoms with E-state index in [1.807, 2.05) is 55.5 Å². The molecule has 15 nitrogen and oxygen atoms in total. The van der Waals surface area contributed by atoms with Crippen LogP contribution in [0.4, 0.5) is 5.69 Å². The number of piperidine rings is 1. The van der Waals surface area contributed by atoms with E-state index in [-0.39, 0.29) is 86.1 Å². The molecule has 1 unspecified atom stereocenters. The first-order valence-electron chi connectivity index (χ1n) is 21.9. The van der Waals surface area contributed by atoms with Crippen LogP contribution in [-0.2, 0) is 35.1 Å². The predicted molar refractivity (Wildman–Crippen MR) is 234 cm³/mol. The predicted octanol–water partition coefficient (Wildman–Crippen LogP) is 7.69. The second-order valence-electron chi connectivity index (χ2n) is 17.6. The van der Waals surface area contributed by atoms with E-state index in [0.29, 0.717) is 23.4 Å². The molecule has 16 heteroatoms. The molecule has 1 aromatic carbocycles. The van der Waals surface area contributed by atoms with Crippen molar-refractivity contribution in [3.63, 3.8) is 0 Å². The van der Waals surface area contributed by atoms with Gasteiger partial charge in [-0.05, 0) is 82.0 Å². The van der Waals surface area contributed by atoms with E-state index in [9.17, 15) is 39.2 Å². The lowest BCUT2D eigenvalue weighted by molar-refractivity contribution is -0.385. The van der Waals surface area contributed by atoms with E-state index in [2.05, 4.69) is 10.2 Å². The number of carbonyl (C=O) groups is 5. The summed E-state index contributed by atoms with van der Waals surface area (Å²) in [7, 11) is 1.96. The smallest absolute Gasteiger partial charge is 0.310 e. The maximum Gasteiger partial charge on any atom is 0.310 e. The first kappa shape index (κ1) is 50.9. The van der Waals surface area contributed by atoms with Gasteiger partial charge < -0.3 is 24.8 Å². The van der Waals surface area contributed by atoms with Crippen molar-refractivity contribution in [2.24, 2.45) is 29.6 Å². The fourth-order valence-corrected chi connectivity index (χ4v) is 8.82. The molecular weight excluding hydrogens is 803 g/mol. The van der Waals surface area contributed by atoms with E-state index < -0.39 is 58.1 Å². The zero-order valence-electron chi connectivity index (χ0n) is 37.8. The second-order valence-corrected chi connectivity index (χ2v) is 18.5. The number of ether oxygens (including phenoxy) is 2. The number of carbonyl (C=O) groups excluding carboxylic acids is 5. The van der Waals surface area contributed by atoms with Crippen LogP contribution in [0.25, 0.3) is 0 Å². The Labute approximate surface area is 365 Å². The van der Waals surface area contributed by atoms with Crippen molar-refractivity contribution in [1.29, 1.82) is 0 Å². The molecule has 2 heterocycles. The summed E-state index contributed by atoms with van der Waals surface area (Å²) in [5.41, 5.74) is 0.161. The van der Waals surface area contributed by atoms with E-state index in [1.165, 1.54) is 29.5 Å². The number of rotatable bonds is 24. The number of aromatic hydroxyl groups is 1. The molecule has 3 rings (SSSR count). The Morgan fingerprint density at radius 3 is 2.34 bits per heavy atom. The number of hydrogen-bond donors (Lipinski definition) is 2. The van der Waals surface area contributed by atoms with Gasteiger partial charge in [-0.1, -0.05) is 74.3 Å². The number of Topliss-reactive ketones (excluding diaryl/α,β-unsaturated/α-hetero) is 1. The molecule has 1 saturated heterocycles. The maximum absolute atomic E-state index is 14.8. The number of amides is 2. The number of likely N-dealkylation sites (N-methyl/N-ethyl adjacent to an activating group) is 1. The molecule has 0 spiro atoms. The van der Waals surface area contributed by atoms with E-state index in [0.717, 1.165) is 25.8 Å². The number of hydrogen-bond acceptors (Lipinski definition) is 13. The normalized spacial score (nSPS) is 17.5. The highest BCUT2D eigenvalue weighted by atomic mass is 32.1. The summed E-state index contributed by atoms with van der Waals surface area (Å²) in [6.45, 7) is 18.0. The van der Waals surface area contributed by atoms with Crippen molar-refractivity contribution in [3.05, 3.63) is 50.0 Å². The third-order valence-corrected chi connectivity index (χ3v) is 12.8. The molecule has 1 aliphatic heterocycles. The molecule has 0 radical (unpaired) electrons. The Kier molecular flexibility index (Phi) is 20.3. The van der Waals surface area contributed by atoms with Crippen molar-refractivity contribution in [3.8, 4) is 5.75 Å². The number of likely N-dealkylation sites (tertiary alicyclic amines) is 1. The Hall–Kier alpha value is -4.44. The molecule has 0 bridgehead atoms. The number of nitro benzene ring substituents is 1. The van der Waals surface area contributed by atoms with Crippen LogP contribution in [0.3, 0.4) is 0 Å². The van der Waals surface area contributed by atoms with Crippen LogP contribution in [0.15, 0.2) is 23.6 Å². The van der Waals surface area contributed by atoms with Crippen molar-refractivity contribution in [2.45, 2.75) is 144 Å². The van der Waals surface area contributed by atoms with Gasteiger partial charge in [-0.25, -0.2) is 4.98 Å². The SMILES string of the molecule is CCOC(=O)[C@@H](C)C[C@H](Cc1ccc(O)c([N+](=O)[O-])c1)NC(=O)c1csc([C@H](C)C[C@H](C(C)C)N(COC(=O)CC(C)C)C(=O)[C@@H](CC(=O)[C@H]2CCCCN2C)C(C)CC)n1. The largest absolute Gasteiger partial charge is 0.502 e. The van der Waals surface area contributed by atoms with Gasteiger partial charge in [0.05, 0.1) is 28.5 Å². The minimum atomic E-state index is -0.688. The summed E-state index contributed by atoms with van der Waals surface area (Å²) in [5.74, 6) is -3.53. The monoisotopic (exact) mass is 871 g/mol. The van der Waals surface area contributed by atoms with Crippen molar-refractivity contribution < 1.29 is 43.5 Å². The zero-order valence-corrected chi connectivity index (χ0v) is 38.6. The topological polar surface area (TPSA) is 199 Å². The van der Waals surface area contributed by atoms with Gasteiger partial charge in [0.15, 0.2) is 18.3 Å². The highest BCUT2D eigenvalue weighted by Gasteiger charge is 2.39. The van der Waals surface area contributed by atoms with Crippen LogP contribution in [-0.4, -0.2) is 99.4 Å². The Morgan fingerprint density at radius 1 is 1.03 bits per heavy atom. The zero-order chi connectivity index (χ0) is 45.6. The summed E-state index contributed by atoms with van der Waals surface area (Å²) in [4.78, 5) is 87.1. The molecule has 1 aromatic heterocycles. The van der Waals surface area contributed by atoms with Gasteiger partial charge in [0.25, 0.3) is 5.91 Å². The quantitative estimate of drug-likeness (QED) is 0.0452. The molecule has 1 fully saturated rings. The molecule has 1 aliphatic rings. The molecule has 2 amide bonds. The number of phenols is 1. The number of nitro groups is 1. The minimum Gasteiger partial charge on any atom is -0.502 e. The summed E-state index contributed by atoms with van der Waals surface area (Å²) in [6.07, 6.45) is 4.51. The number of nitrogens with zero attached hydrogens (tertiary/aromatic N) is 4. The maximum atomic E-state index is 14.8. The number of esters is 2. The van der Waals surface area contributed by atoms with Gasteiger partial charge in [0.1, 0.15) is 5.69 Å². The number of ketones is 1. The highest BCUT2D eigenvalue weighted by molar-refractivity contribution is 7.09. The average molecular weight is 872 g/mol. The summed E-state index contributed by atoms with van der Waals surface area (Å²) in [6, 6.07) is 2.72. The van der Waals surface area contributed by atoms with Crippen molar-refractivity contribution >= 4 is 46.6 Å². The fourth-order valence-electron chi connectivity index (χ4n) is 7.95. The standard InChI is InChI=1S/C45H69N5O10S/c1-11-29(7)34(24-40(52)36-15-13-14-18-48(36)10)44(55)49(26-60-41(53)19-27(3)4)37(28(5)6)21-30(8)43-47-35(25-61-43)42(54)46-33(20-31(9)45(56)59-12-2)22-32-16-17-39(51)38(23-32)50(57)58/h16-17,23,25,27-31,33-34,36-37,51H,11-15,18-22,24,26H2,1-10H3,(H,46,54)/t29?,30-,31+,33-,34+,36-,37-/m1/s1. The second kappa shape index (κ2) is 24.3. The van der Waals surface area contributed by atoms with Gasteiger partial charge in [-0.15, -0.1) is 11.3 Å². The fraction of sp³-hybridized carbons (Fsp3) is 0.689. The highest BCUT2D eigenvalue weighted by Crippen LogP contribution is 2.33. The van der Waals surface area contributed by atoms with Gasteiger partial charge in [-0.2, -0.15) is 0 Å². The summed E-state index contributed by atoms with van der Waals surface area (Å²) in [5, 5.41) is 26.8. The number of phenolic OH excluding ortho intramolecular Hbond substituents is 1. The molecular formula is C45H69N5O10S. The first-order chi connectivity index (χ1) is 28.8. The molecule has 0 aliphatic carbocycles. The number of benzene rings is 1. The van der Waals surface area contributed by atoms with Gasteiger partial charge in [0, 0.05) is 48.2 Å². The van der Waals surface area contributed by atoms with Crippen LogP contribution in [0.2, 0.25) is 0 Å². The van der Waals surface area contributed by atoms with Gasteiger partial charge in [0.2, 0.25) is 5.91 Å². The van der Waals surface area contributed by atoms with E-state index in [1.54, 1.807) is 24.1 Å². The Morgan fingerprint density at radius 2 is 1.74 bits per heavy atom. The number of aromatic nitrogens is 1. The van der Waals surface area contributed by atoms with Crippen LogP contribution >= 0.6 is 11.3 Å². The lowest BCUT2D eigenvalue weighted by atomic mass is 9.82. The van der Waals surface area contributed by atoms with Crippen LogP contribution in [0.5, 0.6) is 5.75 Å². The van der Waals surface area contributed by atoms with Gasteiger partial charge >= 0.3 is 17.6 Å². The molecule has 61 heavy (non-hydrogen) atoms. The van der Waals surface area contributed by atoms with E-state index >= 15 is 0 Å². The minimum absolute atomic E-state index is 0.0580. The lowest BCUT2D eigenvalue weighted by Gasteiger charge is -2.39. The van der Waals surface area contributed by atoms with Crippen molar-refractivity contribution in [2.75, 3.05) is 26.9 Å². The number of thiazole rings is 1. The lowest BCUT2D eigenvalue weighted by Crippen LogP contribution is -2.50. The third-order valence-electron chi connectivity index (χ3n) is 11.8. The van der Waals surface area contributed by atoms with Crippen molar-refractivity contribution in [1.82, 2.24) is 20.1 Å². The van der Waals surface area contributed by atoms with E-state index in [4.69, 9.17) is 14.5 Å². The molecule has 7 atom stereocenters. The van der Waals surface area contributed by atoms with Crippen LogP contribution in [0.1, 0.15) is 141 Å². The molecule has 0 saturated carbocycles. The third kappa shape index (κ3) is 15.2. The van der Waals surface area contributed by atoms with Crippen LogP contribution in [0, 0.1) is 39.7 Å². The molecule has 340 valence electrons.